The summed E-state index contributed by atoms with van der Waals surface area (Å²) in [5.41, 5.74) is 1.92. The van der Waals surface area contributed by atoms with Gasteiger partial charge in [-0.15, -0.1) is 0 Å². The first-order valence-electron chi connectivity index (χ1n) is 6.26. The second-order valence-corrected chi connectivity index (χ2v) is 4.79. The summed E-state index contributed by atoms with van der Waals surface area (Å²) in [7, 11) is 0. The summed E-state index contributed by atoms with van der Waals surface area (Å²) in [6.07, 6.45) is 0.599. The second kappa shape index (κ2) is 5.51. The molecule has 0 amide bonds. The number of para-hydroxylation sites is 1. The van der Waals surface area contributed by atoms with Crippen LogP contribution in [0.3, 0.4) is 0 Å². The van der Waals surface area contributed by atoms with Crippen molar-refractivity contribution in [3.8, 4) is 0 Å². The minimum Gasteiger partial charge on any atom is -0.439 e. The number of fused-ring (bicyclic) bond motifs is 1. The Hall–Kier alpha value is -2.07. The van der Waals surface area contributed by atoms with Crippen LogP contribution >= 0.6 is 11.6 Å². The van der Waals surface area contributed by atoms with Crippen LogP contribution in [-0.4, -0.2) is 11.5 Å². The van der Waals surface area contributed by atoms with Crippen molar-refractivity contribution in [3.05, 3.63) is 59.2 Å². The molecule has 5 heteroatoms. The molecule has 1 N–H and O–H groups in total. The number of hydrogen-bond acceptors (Lipinski definition) is 3. The van der Waals surface area contributed by atoms with E-state index < -0.39 is 5.82 Å². The minimum absolute atomic E-state index is 0.245. The van der Waals surface area contributed by atoms with Gasteiger partial charge in [-0.05, 0) is 18.2 Å². The molecule has 0 bridgehead atoms. The molecule has 1 heterocycles. The summed E-state index contributed by atoms with van der Waals surface area (Å²) in [5, 5.41) is 3.50. The molecule has 3 rings (SSSR count). The average molecular weight is 291 g/mol. The van der Waals surface area contributed by atoms with Crippen molar-refractivity contribution >= 4 is 28.4 Å². The number of halogens is 2. The van der Waals surface area contributed by atoms with Crippen LogP contribution in [0.1, 0.15) is 5.89 Å². The second-order valence-electron chi connectivity index (χ2n) is 4.39. The number of benzene rings is 2. The molecule has 3 aromatic rings. The van der Waals surface area contributed by atoms with Crippen LogP contribution in [0.4, 0.5) is 10.1 Å². The lowest BCUT2D eigenvalue weighted by Gasteiger charge is -2.03. The Labute approximate surface area is 120 Å². The van der Waals surface area contributed by atoms with E-state index in [2.05, 4.69) is 10.3 Å². The molecule has 0 unspecified atom stereocenters. The number of nitrogens with zero attached hydrogens (tertiary/aromatic N) is 1. The third kappa shape index (κ3) is 2.75. The largest absolute Gasteiger partial charge is 0.439 e. The molecule has 3 nitrogen and oxygen atoms in total. The van der Waals surface area contributed by atoms with Gasteiger partial charge in [-0.25, -0.2) is 9.37 Å². The van der Waals surface area contributed by atoms with Crippen LogP contribution in [-0.2, 0) is 6.42 Å². The maximum atomic E-state index is 13.2. The van der Waals surface area contributed by atoms with Crippen LogP contribution in [0.2, 0.25) is 5.02 Å². The summed E-state index contributed by atoms with van der Waals surface area (Å²) in [6, 6.07) is 12.4. The van der Waals surface area contributed by atoms with Crippen molar-refractivity contribution in [2.75, 3.05) is 11.9 Å². The fourth-order valence-corrected chi connectivity index (χ4v) is 2.22. The van der Waals surface area contributed by atoms with E-state index in [1.54, 1.807) is 0 Å². The Kier molecular flexibility index (Phi) is 3.56. The van der Waals surface area contributed by atoms with Crippen molar-refractivity contribution in [1.29, 1.82) is 0 Å². The lowest BCUT2D eigenvalue weighted by Crippen LogP contribution is -2.04. The summed E-state index contributed by atoms with van der Waals surface area (Å²) in [4.78, 5) is 4.23. The van der Waals surface area contributed by atoms with Gasteiger partial charge in [-0.3, -0.25) is 0 Å². The highest BCUT2D eigenvalue weighted by atomic mass is 35.5. The highest BCUT2D eigenvalue weighted by Crippen LogP contribution is 2.25. The van der Waals surface area contributed by atoms with Gasteiger partial charge < -0.3 is 9.73 Å². The van der Waals surface area contributed by atoms with Gasteiger partial charge in [0.25, 0.3) is 0 Å². The Morgan fingerprint density at radius 1 is 1.20 bits per heavy atom. The van der Waals surface area contributed by atoms with Crippen LogP contribution in [0.15, 0.2) is 46.9 Å². The molecule has 102 valence electrons. The molecule has 0 radical (unpaired) electrons. The SMILES string of the molecule is Fc1cc(Cl)c2oc(CCNc3ccccc3)nc2c1. The van der Waals surface area contributed by atoms with Gasteiger partial charge in [-0.2, -0.15) is 0 Å². The Morgan fingerprint density at radius 2 is 2.00 bits per heavy atom. The van der Waals surface area contributed by atoms with Gasteiger partial charge in [-0.1, -0.05) is 29.8 Å². The zero-order chi connectivity index (χ0) is 13.9. The quantitative estimate of drug-likeness (QED) is 0.779. The van der Waals surface area contributed by atoms with Crippen LogP contribution in [0.25, 0.3) is 11.1 Å². The molecule has 0 fully saturated rings. The molecule has 0 saturated carbocycles. The fourth-order valence-electron chi connectivity index (χ4n) is 1.98. The van der Waals surface area contributed by atoms with Gasteiger partial charge in [0.15, 0.2) is 11.5 Å². The highest BCUT2D eigenvalue weighted by Gasteiger charge is 2.10. The van der Waals surface area contributed by atoms with E-state index in [0.29, 0.717) is 30.0 Å². The predicted molar refractivity (Wildman–Crippen MR) is 77.6 cm³/mol. The van der Waals surface area contributed by atoms with Crippen molar-refractivity contribution in [2.24, 2.45) is 0 Å². The average Bonchev–Trinajstić information content (AvgIpc) is 2.83. The Morgan fingerprint density at radius 3 is 2.80 bits per heavy atom. The number of oxazole rings is 1. The minimum atomic E-state index is -0.412. The monoisotopic (exact) mass is 290 g/mol. The number of hydrogen-bond donors (Lipinski definition) is 1. The Balaban J connectivity index is 1.70. The highest BCUT2D eigenvalue weighted by molar-refractivity contribution is 6.34. The van der Waals surface area contributed by atoms with E-state index in [4.69, 9.17) is 16.0 Å². The molecular formula is C15H12ClFN2O. The normalized spacial score (nSPS) is 10.9. The molecule has 0 aliphatic carbocycles. The van der Waals surface area contributed by atoms with Crippen LogP contribution < -0.4 is 5.32 Å². The van der Waals surface area contributed by atoms with E-state index >= 15 is 0 Å². The zero-order valence-corrected chi connectivity index (χ0v) is 11.3. The maximum absolute atomic E-state index is 13.2. The van der Waals surface area contributed by atoms with E-state index in [0.717, 1.165) is 5.69 Å². The first-order valence-corrected chi connectivity index (χ1v) is 6.63. The lowest BCUT2D eigenvalue weighted by atomic mass is 10.3. The first-order chi connectivity index (χ1) is 9.72. The van der Waals surface area contributed by atoms with Crippen molar-refractivity contribution in [3.63, 3.8) is 0 Å². The fraction of sp³-hybridized carbons (Fsp3) is 0.133. The molecule has 0 atom stereocenters. The summed E-state index contributed by atoms with van der Waals surface area (Å²) in [5.74, 6) is 0.126. The lowest BCUT2D eigenvalue weighted by molar-refractivity contribution is 0.533. The van der Waals surface area contributed by atoms with E-state index in [9.17, 15) is 4.39 Å². The van der Waals surface area contributed by atoms with Crippen molar-refractivity contribution in [1.82, 2.24) is 4.98 Å². The van der Waals surface area contributed by atoms with Crippen LogP contribution in [0.5, 0.6) is 0 Å². The van der Waals surface area contributed by atoms with Gasteiger partial charge in [0.1, 0.15) is 11.3 Å². The van der Waals surface area contributed by atoms with Gasteiger partial charge in [0, 0.05) is 24.7 Å². The van der Waals surface area contributed by atoms with Gasteiger partial charge in [0.2, 0.25) is 0 Å². The molecule has 0 aliphatic heterocycles. The zero-order valence-electron chi connectivity index (χ0n) is 10.6. The molecule has 20 heavy (non-hydrogen) atoms. The topological polar surface area (TPSA) is 38.1 Å². The van der Waals surface area contributed by atoms with E-state index in [1.807, 2.05) is 30.3 Å². The standard InChI is InChI=1S/C15H12ClFN2O/c16-12-8-10(17)9-13-15(12)20-14(19-13)6-7-18-11-4-2-1-3-5-11/h1-5,8-9,18H,6-7H2. The summed E-state index contributed by atoms with van der Waals surface area (Å²) < 4.78 is 18.7. The molecular weight excluding hydrogens is 279 g/mol. The van der Waals surface area contributed by atoms with Gasteiger partial charge in [0.05, 0.1) is 5.02 Å². The van der Waals surface area contributed by atoms with Gasteiger partial charge >= 0.3 is 0 Å². The summed E-state index contributed by atoms with van der Waals surface area (Å²) in [6.45, 7) is 0.678. The predicted octanol–water partition coefficient (Wildman–Crippen LogP) is 4.27. The van der Waals surface area contributed by atoms with E-state index in [-0.39, 0.29) is 5.02 Å². The third-order valence-electron chi connectivity index (χ3n) is 2.90. The molecule has 2 aromatic carbocycles. The smallest absolute Gasteiger partial charge is 0.197 e. The number of aromatic nitrogens is 1. The Bertz CT molecular complexity index is 727. The first kappa shape index (κ1) is 12.9. The third-order valence-corrected chi connectivity index (χ3v) is 3.18. The number of rotatable bonds is 4. The van der Waals surface area contributed by atoms with E-state index in [1.165, 1.54) is 12.1 Å². The molecule has 1 aromatic heterocycles. The maximum Gasteiger partial charge on any atom is 0.197 e. The van der Waals surface area contributed by atoms with Crippen molar-refractivity contribution in [2.45, 2.75) is 6.42 Å². The molecule has 0 spiro atoms. The summed E-state index contributed by atoms with van der Waals surface area (Å²) >= 11 is 5.92. The molecule has 0 saturated heterocycles. The number of nitrogens with one attached hydrogen (secondary N) is 1. The number of anilines is 1. The molecule has 0 aliphatic rings. The van der Waals surface area contributed by atoms with Crippen LogP contribution in [0, 0.1) is 5.82 Å². The van der Waals surface area contributed by atoms with Crippen molar-refractivity contribution < 1.29 is 8.81 Å².